The van der Waals surface area contributed by atoms with Gasteiger partial charge in [0.25, 0.3) is 0 Å². The van der Waals surface area contributed by atoms with Crippen LogP contribution in [0.15, 0.2) is 24.3 Å². The largest absolute Gasteiger partial charge is 0.481 e. The van der Waals surface area contributed by atoms with Crippen LogP contribution < -0.4 is 10.9 Å². The molecule has 3 N–H and O–H groups in total. The molecular formula is C16H22ClN3O3. The lowest BCUT2D eigenvalue weighted by Gasteiger charge is -2.28. The van der Waals surface area contributed by atoms with Crippen LogP contribution in [-0.2, 0) is 9.59 Å². The highest BCUT2D eigenvalue weighted by Crippen LogP contribution is 2.28. The summed E-state index contributed by atoms with van der Waals surface area (Å²) in [4.78, 5) is 25.0. The number of carboxylic acid groups (broad SMARTS) is 1. The second-order valence-corrected chi connectivity index (χ2v) is 6.33. The summed E-state index contributed by atoms with van der Waals surface area (Å²) in [6, 6.07) is 7.02. The van der Waals surface area contributed by atoms with Gasteiger partial charge in [0.1, 0.15) is 6.04 Å². The molecule has 6 nitrogen and oxygen atoms in total. The van der Waals surface area contributed by atoms with Crippen LogP contribution in [0.3, 0.4) is 0 Å². The van der Waals surface area contributed by atoms with Crippen LogP contribution in [0, 0.1) is 0 Å². The van der Waals surface area contributed by atoms with E-state index in [-0.39, 0.29) is 31.0 Å². The van der Waals surface area contributed by atoms with Gasteiger partial charge in [-0.25, -0.2) is 10.9 Å². The SMILES string of the molecule is CC(C)N(CCC(=O)O)C(=O)C1CC(c2ccccc2Cl)NN1. The van der Waals surface area contributed by atoms with E-state index in [4.69, 9.17) is 16.7 Å². The maximum atomic E-state index is 12.7. The van der Waals surface area contributed by atoms with Crippen molar-refractivity contribution in [1.29, 1.82) is 0 Å². The molecule has 23 heavy (non-hydrogen) atoms. The second-order valence-electron chi connectivity index (χ2n) is 5.92. The van der Waals surface area contributed by atoms with Crippen LogP contribution in [0.2, 0.25) is 5.02 Å². The molecule has 1 aliphatic heterocycles. The van der Waals surface area contributed by atoms with E-state index in [0.717, 1.165) is 5.56 Å². The molecule has 1 heterocycles. The third kappa shape index (κ3) is 4.43. The number of hydrogen-bond donors (Lipinski definition) is 3. The molecule has 2 unspecified atom stereocenters. The van der Waals surface area contributed by atoms with Crippen molar-refractivity contribution in [2.24, 2.45) is 0 Å². The van der Waals surface area contributed by atoms with Gasteiger partial charge in [-0.2, -0.15) is 0 Å². The smallest absolute Gasteiger partial charge is 0.305 e. The molecule has 1 aliphatic rings. The molecule has 0 aliphatic carbocycles. The number of benzene rings is 1. The van der Waals surface area contributed by atoms with Gasteiger partial charge < -0.3 is 10.0 Å². The number of rotatable bonds is 6. The van der Waals surface area contributed by atoms with Crippen LogP contribution in [0.5, 0.6) is 0 Å². The van der Waals surface area contributed by atoms with Crippen molar-refractivity contribution in [2.45, 2.75) is 44.8 Å². The summed E-state index contributed by atoms with van der Waals surface area (Å²) < 4.78 is 0. The molecule has 2 rings (SSSR count). The van der Waals surface area contributed by atoms with E-state index in [9.17, 15) is 9.59 Å². The number of nitrogens with one attached hydrogen (secondary N) is 2. The Balaban J connectivity index is 2.03. The van der Waals surface area contributed by atoms with E-state index < -0.39 is 12.0 Å². The molecule has 0 spiro atoms. The first-order valence-corrected chi connectivity index (χ1v) is 8.05. The van der Waals surface area contributed by atoms with Gasteiger partial charge in [-0.15, -0.1) is 0 Å². The van der Waals surface area contributed by atoms with Crippen molar-refractivity contribution in [3.05, 3.63) is 34.9 Å². The number of hydrazine groups is 1. The van der Waals surface area contributed by atoms with Gasteiger partial charge in [0, 0.05) is 23.7 Å². The third-order valence-electron chi connectivity index (χ3n) is 3.95. The lowest BCUT2D eigenvalue weighted by molar-refractivity contribution is -0.139. The highest BCUT2D eigenvalue weighted by molar-refractivity contribution is 6.31. The number of nitrogens with zero attached hydrogens (tertiary/aromatic N) is 1. The molecule has 0 radical (unpaired) electrons. The summed E-state index contributed by atoms with van der Waals surface area (Å²) >= 11 is 6.20. The number of carboxylic acids is 1. The van der Waals surface area contributed by atoms with Gasteiger partial charge in [0.05, 0.1) is 6.42 Å². The Labute approximate surface area is 140 Å². The number of carbonyl (C=O) groups excluding carboxylic acids is 1. The quantitative estimate of drug-likeness (QED) is 0.738. The van der Waals surface area contributed by atoms with Gasteiger partial charge >= 0.3 is 5.97 Å². The minimum atomic E-state index is -0.907. The summed E-state index contributed by atoms with van der Waals surface area (Å²) in [5.74, 6) is -1.00. The molecule has 0 bridgehead atoms. The second kappa shape index (κ2) is 7.77. The lowest BCUT2D eigenvalue weighted by atomic mass is 10.0. The van der Waals surface area contributed by atoms with E-state index in [1.165, 1.54) is 0 Å². The fraction of sp³-hybridized carbons (Fsp3) is 0.500. The van der Waals surface area contributed by atoms with Crippen LogP contribution >= 0.6 is 11.6 Å². The monoisotopic (exact) mass is 339 g/mol. The molecule has 1 aromatic rings. The maximum Gasteiger partial charge on any atom is 0.305 e. The topological polar surface area (TPSA) is 81.7 Å². The summed E-state index contributed by atoms with van der Waals surface area (Å²) in [7, 11) is 0. The fourth-order valence-electron chi connectivity index (χ4n) is 2.72. The van der Waals surface area contributed by atoms with Crippen molar-refractivity contribution in [1.82, 2.24) is 15.8 Å². The minimum absolute atomic E-state index is 0.0499. The average Bonchev–Trinajstić information content (AvgIpc) is 2.96. The van der Waals surface area contributed by atoms with E-state index >= 15 is 0 Å². The zero-order valence-corrected chi connectivity index (χ0v) is 14.0. The van der Waals surface area contributed by atoms with Gasteiger partial charge in [-0.05, 0) is 31.9 Å². The van der Waals surface area contributed by atoms with Crippen LogP contribution in [0.4, 0.5) is 0 Å². The number of carbonyl (C=O) groups is 2. The van der Waals surface area contributed by atoms with Crippen LogP contribution in [0.1, 0.15) is 38.3 Å². The lowest BCUT2D eigenvalue weighted by Crippen LogP contribution is -2.48. The summed E-state index contributed by atoms with van der Waals surface area (Å²) in [5, 5.41) is 9.49. The number of aliphatic carboxylic acids is 1. The standard InChI is InChI=1S/C16H22ClN3O3/c1-10(2)20(8-7-15(21)22)16(23)14-9-13(18-19-14)11-5-3-4-6-12(11)17/h3-6,10,13-14,18-19H,7-9H2,1-2H3,(H,21,22). The summed E-state index contributed by atoms with van der Waals surface area (Å²) in [5.41, 5.74) is 7.06. The van der Waals surface area contributed by atoms with E-state index in [0.29, 0.717) is 11.4 Å². The predicted molar refractivity (Wildman–Crippen MR) is 88.0 cm³/mol. The number of amides is 1. The van der Waals surface area contributed by atoms with Gasteiger partial charge in [0.15, 0.2) is 0 Å². The first-order chi connectivity index (χ1) is 10.9. The van der Waals surface area contributed by atoms with Crippen LogP contribution in [-0.4, -0.2) is 40.5 Å². The van der Waals surface area contributed by atoms with Crippen molar-refractivity contribution in [2.75, 3.05) is 6.54 Å². The number of hydrogen-bond acceptors (Lipinski definition) is 4. The average molecular weight is 340 g/mol. The van der Waals surface area contributed by atoms with E-state index in [1.807, 2.05) is 38.1 Å². The molecule has 1 amide bonds. The zero-order chi connectivity index (χ0) is 17.0. The Morgan fingerprint density at radius 1 is 1.35 bits per heavy atom. The highest BCUT2D eigenvalue weighted by Gasteiger charge is 2.34. The summed E-state index contributed by atoms with van der Waals surface area (Å²) in [6.07, 6.45) is 0.511. The van der Waals surface area contributed by atoms with Crippen molar-refractivity contribution >= 4 is 23.5 Å². The Morgan fingerprint density at radius 2 is 2.04 bits per heavy atom. The maximum absolute atomic E-state index is 12.7. The van der Waals surface area contributed by atoms with Gasteiger partial charge in [-0.3, -0.25) is 9.59 Å². The Bertz CT molecular complexity index is 579. The normalized spacial score (nSPS) is 20.7. The molecule has 126 valence electrons. The molecule has 2 atom stereocenters. The van der Waals surface area contributed by atoms with E-state index in [1.54, 1.807) is 4.90 Å². The third-order valence-corrected chi connectivity index (χ3v) is 4.30. The highest BCUT2D eigenvalue weighted by atomic mass is 35.5. The first-order valence-electron chi connectivity index (χ1n) is 7.68. The molecular weight excluding hydrogens is 318 g/mol. The Morgan fingerprint density at radius 3 is 2.65 bits per heavy atom. The first kappa shape index (κ1) is 17.7. The fourth-order valence-corrected chi connectivity index (χ4v) is 2.99. The van der Waals surface area contributed by atoms with Gasteiger partial charge in [-0.1, -0.05) is 29.8 Å². The van der Waals surface area contributed by atoms with Crippen molar-refractivity contribution in [3.63, 3.8) is 0 Å². The molecule has 0 saturated carbocycles. The van der Waals surface area contributed by atoms with Gasteiger partial charge in [0.2, 0.25) is 5.91 Å². The van der Waals surface area contributed by atoms with Crippen LogP contribution in [0.25, 0.3) is 0 Å². The Hall–Kier alpha value is -1.63. The van der Waals surface area contributed by atoms with Crippen molar-refractivity contribution in [3.8, 4) is 0 Å². The molecule has 1 aromatic carbocycles. The van der Waals surface area contributed by atoms with Crippen molar-refractivity contribution < 1.29 is 14.7 Å². The minimum Gasteiger partial charge on any atom is -0.481 e. The summed E-state index contributed by atoms with van der Waals surface area (Å²) in [6.45, 7) is 3.97. The predicted octanol–water partition coefficient (Wildman–Crippen LogP) is 1.96. The molecule has 1 saturated heterocycles. The zero-order valence-electron chi connectivity index (χ0n) is 13.3. The van der Waals surface area contributed by atoms with E-state index in [2.05, 4.69) is 10.9 Å². The number of halogens is 1. The molecule has 0 aromatic heterocycles. The Kier molecular flexibility index (Phi) is 5.98. The molecule has 7 heteroatoms. The molecule has 1 fully saturated rings.